The zero-order valence-electron chi connectivity index (χ0n) is 11.7. The van der Waals surface area contributed by atoms with Gasteiger partial charge in [0.1, 0.15) is 12.4 Å². The summed E-state index contributed by atoms with van der Waals surface area (Å²) in [4.78, 5) is 11.9. The highest BCUT2D eigenvalue weighted by Gasteiger charge is 2.06. The lowest BCUT2D eigenvalue weighted by Gasteiger charge is -2.08. The summed E-state index contributed by atoms with van der Waals surface area (Å²) in [6, 6.07) is 12.3. The molecule has 0 aliphatic heterocycles. The number of carbonyl (C=O) groups is 1. The fraction of sp³-hybridized carbons (Fsp3) is 0.188. The summed E-state index contributed by atoms with van der Waals surface area (Å²) in [6.45, 7) is 2.68. The van der Waals surface area contributed by atoms with Crippen molar-refractivity contribution in [1.82, 2.24) is 5.32 Å². The number of amides is 1. The number of nitrogens with two attached hydrogens (primary N) is 1. The molecule has 2 aromatic carbocycles. The average molecular weight is 305 g/mol. The fourth-order valence-corrected chi connectivity index (χ4v) is 1.90. The summed E-state index contributed by atoms with van der Waals surface area (Å²) < 4.78 is 5.50. The number of aryl methyl sites for hydroxylation is 1. The predicted molar refractivity (Wildman–Crippen MR) is 84.9 cm³/mol. The Kier molecular flexibility index (Phi) is 5.06. The van der Waals surface area contributed by atoms with Gasteiger partial charge in [0.05, 0.1) is 6.54 Å². The molecule has 5 heteroatoms. The number of nitrogen functional groups attached to an aromatic ring is 1. The summed E-state index contributed by atoms with van der Waals surface area (Å²) in [7, 11) is 0. The third kappa shape index (κ3) is 4.39. The van der Waals surface area contributed by atoms with E-state index in [1.54, 1.807) is 42.5 Å². The lowest BCUT2D eigenvalue weighted by Crippen LogP contribution is -2.28. The Morgan fingerprint density at radius 3 is 2.62 bits per heavy atom. The smallest absolute Gasteiger partial charge is 0.251 e. The second kappa shape index (κ2) is 6.99. The van der Waals surface area contributed by atoms with E-state index < -0.39 is 0 Å². The summed E-state index contributed by atoms with van der Waals surface area (Å²) in [5.41, 5.74) is 7.74. The van der Waals surface area contributed by atoms with E-state index in [2.05, 4.69) is 5.32 Å². The normalized spacial score (nSPS) is 10.2. The number of hydrogen-bond acceptors (Lipinski definition) is 3. The molecule has 1 amide bonds. The van der Waals surface area contributed by atoms with Gasteiger partial charge in [0.25, 0.3) is 5.91 Å². The lowest BCUT2D eigenvalue weighted by molar-refractivity contribution is 0.0947. The van der Waals surface area contributed by atoms with Crippen LogP contribution in [0.5, 0.6) is 5.75 Å². The van der Waals surface area contributed by atoms with Gasteiger partial charge in [0.15, 0.2) is 0 Å². The van der Waals surface area contributed by atoms with Crippen LogP contribution in [0.1, 0.15) is 15.9 Å². The van der Waals surface area contributed by atoms with E-state index in [1.807, 2.05) is 6.92 Å². The van der Waals surface area contributed by atoms with Crippen LogP contribution in [-0.2, 0) is 0 Å². The largest absolute Gasteiger partial charge is 0.492 e. The van der Waals surface area contributed by atoms with Gasteiger partial charge in [-0.25, -0.2) is 0 Å². The molecule has 0 heterocycles. The van der Waals surface area contributed by atoms with Crippen molar-refractivity contribution in [1.29, 1.82) is 0 Å². The standard InChI is InChI=1S/C16H17ClN2O2/c1-11-10-12(2-7-15(11)17)16(20)19-8-9-21-14-5-3-13(18)4-6-14/h2-7,10H,8-9,18H2,1H3,(H,19,20). The molecule has 110 valence electrons. The lowest BCUT2D eigenvalue weighted by atomic mass is 10.1. The molecule has 21 heavy (non-hydrogen) atoms. The number of nitrogens with one attached hydrogen (secondary N) is 1. The van der Waals surface area contributed by atoms with Crippen molar-refractivity contribution in [2.45, 2.75) is 6.92 Å². The summed E-state index contributed by atoms with van der Waals surface area (Å²) >= 11 is 5.93. The molecule has 0 aliphatic carbocycles. The van der Waals surface area contributed by atoms with Crippen molar-refractivity contribution >= 4 is 23.2 Å². The molecule has 2 rings (SSSR count). The molecule has 0 radical (unpaired) electrons. The van der Waals surface area contributed by atoms with E-state index >= 15 is 0 Å². The Morgan fingerprint density at radius 2 is 1.95 bits per heavy atom. The van der Waals surface area contributed by atoms with E-state index in [1.165, 1.54) is 0 Å². The van der Waals surface area contributed by atoms with E-state index in [9.17, 15) is 4.79 Å². The summed E-state index contributed by atoms with van der Waals surface area (Å²) in [6.07, 6.45) is 0. The van der Waals surface area contributed by atoms with Gasteiger partial charge < -0.3 is 15.8 Å². The number of carbonyl (C=O) groups excluding carboxylic acids is 1. The van der Waals surface area contributed by atoms with Gasteiger partial charge >= 0.3 is 0 Å². The van der Waals surface area contributed by atoms with Crippen molar-refractivity contribution in [3.63, 3.8) is 0 Å². The molecule has 0 saturated carbocycles. The second-order valence-electron chi connectivity index (χ2n) is 4.64. The zero-order chi connectivity index (χ0) is 15.2. The SMILES string of the molecule is Cc1cc(C(=O)NCCOc2ccc(N)cc2)ccc1Cl. The number of anilines is 1. The summed E-state index contributed by atoms with van der Waals surface area (Å²) in [5.74, 6) is 0.580. The Bertz CT molecular complexity index is 627. The molecule has 3 N–H and O–H groups in total. The Morgan fingerprint density at radius 1 is 1.24 bits per heavy atom. The third-order valence-corrected chi connectivity index (χ3v) is 3.38. The first kappa shape index (κ1) is 15.2. The van der Waals surface area contributed by atoms with Crippen molar-refractivity contribution in [2.24, 2.45) is 0 Å². The third-order valence-electron chi connectivity index (χ3n) is 2.96. The van der Waals surface area contributed by atoms with Crippen molar-refractivity contribution in [3.05, 3.63) is 58.6 Å². The van der Waals surface area contributed by atoms with Gasteiger partial charge in [0, 0.05) is 16.3 Å². The topological polar surface area (TPSA) is 64.3 Å². The van der Waals surface area contributed by atoms with Crippen LogP contribution >= 0.6 is 11.6 Å². The minimum absolute atomic E-state index is 0.143. The highest BCUT2D eigenvalue weighted by molar-refractivity contribution is 6.31. The van der Waals surface area contributed by atoms with Crippen LogP contribution in [-0.4, -0.2) is 19.1 Å². The molecule has 0 saturated heterocycles. The van der Waals surface area contributed by atoms with Gasteiger partial charge in [-0.05, 0) is 55.0 Å². The van der Waals surface area contributed by atoms with Crippen LogP contribution in [0.15, 0.2) is 42.5 Å². The second-order valence-corrected chi connectivity index (χ2v) is 5.04. The minimum Gasteiger partial charge on any atom is -0.492 e. The summed E-state index contributed by atoms with van der Waals surface area (Å²) in [5, 5.41) is 3.45. The zero-order valence-corrected chi connectivity index (χ0v) is 12.5. The number of benzene rings is 2. The Balaban J connectivity index is 1.79. The maximum Gasteiger partial charge on any atom is 0.251 e. The molecule has 0 atom stereocenters. The van der Waals surface area contributed by atoms with E-state index in [-0.39, 0.29) is 5.91 Å². The Labute approximate surface area is 128 Å². The van der Waals surface area contributed by atoms with Crippen LogP contribution in [0.25, 0.3) is 0 Å². The number of halogens is 1. The van der Waals surface area contributed by atoms with Crippen LogP contribution in [0.4, 0.5) is 5.69 Å². The first-order valence-electron chi connectivity index (χ1n) is 6.59. The highest BCUT2D eigenvalue weighted by Crippen LogP contribution is 2.16. The van der Waals surface area contributed by atoms with Gasteiger partial charge in [0.2, 0.25) is 0 Å². The van der Waals surface area contributed by atoms with Crippen molar-refractivity contribution in [3.8, 4) is 5.75 Å². The molecular weight excluding hydrogens is 288 g/mol. The molecule has 4 nitrogen and oxygen atoms in total. The molecule has 0 bridgehead atoms. The first-order chi connectivity index (χ1) is 10.1. The van der Waals surface area contributed by atoms with Gasteiger partial charge in [-0.15, -0.1) is 0 Å². The van der Waals surface area contributed by atoms with Gasteiger partial charge in [-0.3, -0.25) is 4.79 Å². The van der Waals surface area contributed by atoms with Gasteiger partial charge in [-0.1, -0.05) is 11.6 Å². The van der Waals surface area contributed by atoms with Crippen LogP contribution in [0, 0.1) is 6.92 Å². The van der Waals surface area contributed by atoms with Gasteiger partial charge in [-0.2, -0.15) is 0 Å². The maximum absolute atomic E-state index is 11.9. The molecule has 0 unspecified atom stereocenters. The van der Waals surface area contributed by atoms with Crippen LogP contribution < -0.4 is 15.8 Å². The van der Waals surface area contributed by atoms with E-state index in [0.29, 0.717) is 29.4 Å². The molecule has 0 fully saturated rings. The fourth-order valence-electron chi connectivity index (χ4n) is 1.79. The maximum atomic E-state index is 11.9. The molecule has 2 aromatic rings. The monoisotopic (exact) mass is 304 g/mol. The molecular formula is C16H17ClN2O2. The number of hydrogen-bond donors (Lipinski definition) is 2. The van der Waals surface area contributed by atoms with Crippen LogP contribution in [0.2, 0.25) is 5.02 Å². The predicted octanol–water partition coefficient (Wildman–Crippen LogP) is 3.04. The molecule has 0 aromatic heterocycles. The number of ether oxygens (including phenoxy) is 1. The van der Waals surface area contributed by atoms with Crippen molar-refractivity contribution < 1.29 is 9.53 Å². The van der Waals surface area contributed by atoms with E-state index in [0.717, 1.165) is 11.3 Å². The first-order valence-corrected chi connectivity index (χ1v) is 6.97. The number of rotatable bonds is 5. The highest BCUT2D eigenvalue weighted by atomic mass is 35.5. The van der Waals surface area contributed by atoms with Crippen LogP contribution in [0.3, 0.4) is 0 Å². The quantitative estimate of drug-likeness (QED) is 0.659. The van der Waals surface area contributed by atoms with Crippen molar-refractivity contribution in [2.75, 3.05) is 18.9 Å². The molecule has 0 aliphatic rings. The molecule has 0 spiro atoms. The van der Waals surface area contributed by atoms with E-state index in [4.69, 9.17) is 22.1 Å². The average Bonchev–Trinajstić information content (AvgIpc) is 2.48. The Hall–Kier alpha value is -2.20. The minimum atomic E-state index is -0.143.